The Bertz CT molecular complexity index is 1350. The molecule has 4 N–H and O–H groups in total. The summed E-state index contributed by atoms with van der Waals surface area (Å²) in [6.07, 6.45) is 4.44. The molecular formula is C23H19N3O6. The molecule has 0 bridgehead atoms. The number of aliphatic hydroxyl groups is 1. The Morgan fingerprint density at radius 1 is 1.28 bits per heavy atom. The number of hydrogen-bond acceptors (Lipinski definition) is 7. The maximum atomic E-state index is 13.6. The van der Waals surface area contributed by atoms with E-state index in [0.717, 1.165) is 16.7 Å². The molecule has 2 heterocycles. The topological polar surface area (TPSA) is 148 Å². The number of amides is 1. The molecule has 1 aromatic carbocycles. The highest BCUT2D eigenvalue weighted by atomic mass is 16.6. The summed E-state index contributed by atoms with van der Waals surface area (Å²) in [6.45, 7) is 0. The van der Waals surface area contributed by atoms with E-state index in [2.05, 4.69) is 5.10 Å². The van der Waals surface area contributed by atoms with Gasteiger partial charge >= 0.3 is 0 Å². The number of benzene rings is 1. The van der Waals surface area contributed by atoms with Crippen molar-refractivity contribution in [3.63, 3.8) is 0 Å². The fourth-order valence-electron chi connectivity index (χ4n) is 5.73. The highest BCUT2D eigenvalue weighted by Crippen LogP contribution is 2.64. The van der Waals surface area contributed by atoms with E-state index in [1.807, 2.05) is 6.20 Å². The number of aryl methyl sites for hydroxylation is 1. The van der Waals surface area contributed by atoms with Gasteiger partial charge in [0.1, 0.15) is 11.3 Å². The number of Topliss-reactive ketones (excluding diaryl/α,β-unsaturated/α-hetero) is 2. The second-order valence-electron chi connectivity index (χ2n) is 8.85. The first-order chi connectivity index (χ1) is 15.2. The Hall–Kier alpha value is -3.88. The molecule has 1 aromatic heterocycles. The predicted octanol–water partition coefficient (Wildman–Crippen LogP) is 1.46. The minimum Gasteiger partial charge on any atom is -0.507 e. The average Bonchev–Trinajstić information content (AvgIpc) is 3.34. The normalized spacial score (nSPS) is 27.9. The molecule has 1 saturated heterocycles. The second kappa shape index (κ2) is 5.87. The summed E-state index contributed by atoms with van der Waals surface area (Å²) < 4.78 is 7.48. The van der Waals surface area contributed by atoms with E-state index in [1.54, 1.807) is 24.0 Å². The van der Waals surface area contributed by atoms with Crippen LogP contribution >= 0.6 is 0 Å². The van der Waals surface area contributed by atoms with E-state index < -0.39 is 34.5 Å². The number of aromatic nitrogens is 2. The number of fused-ring (bicyclic) bond motifs is 2. The van der Waals surface area contributed by atoms with E-state index in [4.69, 9.17) is 10.5 Å². The average molecular weight is 433 g/mol. The van der Waals surface area contributed by atoms with E-state index in [-0.39, 0.29) is 35.2 Å². The van der Waals surface area contributed by atoms with E-state index in [1.165, 1.54) is 6.07 Å². The van der Waals surface area contributed by atoms with Crippen LogP contribution in [0.4, 0.5) is 0 Å². The third kappa shape index (κ3) is 2.17. The zero-order valence-electron chi connectivity index (χ0n) is 17.1. The molecule has 9 heteroatoms. The molecule has 1 spiro atoms. The standard InChI is InChI=1S/C23H19N3O6/c1-26-8-10(7-25-26)12-2-3-14(27)17-13(12)5-9-4-11-6-15(28)18(22(24)31)20(30)23(11)21(32-23)16(9)19(17)29/h2-3,7-9,11,27,30H,4-6H2,1H3,(H2,24,31)/t9?,11-,23+/m0/s1. The summed E-state index contributed by atoms with van der Waals surface area (Å²) in [5, 5.41) is 25.5. The lowest BCUT2D eigenvalue weighted by molar-refractivity contribution is -0.123. The largest absolute Gasteiger partial charge is 0.507 e. The fraction of sp³-hybridized carbons (Fsp3) is 0.304. The number of carbonyl (C=O) groups is 3. The molecule has 3 aliphatic carbocycles. The van der Waals surface area contributed by atoms with Crippen molar-refractivity contribution in [2.24, 2.45) is 24.6 Å². The number of phenolic OH excluding ortho intramolecular Hbond substituents is 1. The number of ether oxygens (including phenoxy) is 1. The van der Waals surface area contributed by atoms with Crippen molar-refractivity contribution in [2.45, 2.75) is 24.9 Å². The van der Waals surface area contributed by atoms with Gasteiger partial charge in [0.15, 0.2) is 23.1 Å². The molecule has 1 unspecified atom stereocenters. The van der Waals surface area contributed by atoms with Crippen molar-refractivity contribution < 1.29 is 29.3 Å². The number of nitrogens with zero attached hydrogens (tertiary/aromatic N) is 2. The van der Waals surface area contributed by atoms with Crippen LogP contribution in [0.1, 0.15) is 28.8 Å². The van der Waals surface area contributed by atoms with Crippen molar-refractivity contribution >= 4 is 17.5 Å². The summed E-state index contributed by atoms with van der Waals surface area (Å²) in [6, 6.07) is 3.26. The van der Waals surface area contributed by atoms with Crippen LogP contribution in [0.5, 0.6) is 5.75 Å². The van der Waals surface area contributed by atoms with Gasteiger partial charge < -0.3 is 20.7 Å². The number of phenols is 1. The van der Waals surface area contributed by atoms with Gasteiger partial charge in [-0.15, -0.1) is 0 Å². The Morgan fingerprint density at radius 3 is 2.75 bits per heavy atom. The Balaban J connectivity index is 1.53. The van der Waals surface area contributed by atoms with Crippen LogP contribution < -0.4 is 5.73 Å². The van der Waals surface area contributed by atoms with Crippen LogP contribution in [0.2, 0.25) is 0 Å². The van der Waals surface area contributed by atoms with Gasteiger partial charge in [-0.1, -0.05) is 6.07 Å². The Kier molecular flexibility index (Phi) is 3.46. The van der Waals surface area contributed by atoms with Gasteiger partial charge in [0, 0.05) is 36.7 Å². The lowest BCUT2D eigenvalue weighted by atomic mass is 9.63. The molecule has 4 aliphatic rings. The summed E-state index contributed by atoms with van der Waals surface area (Å²) >= 11 is 0. The smallest absolute Gasteiger partial charge is 0.255 e. The number of aromatic hydroxyl groups is 1. The van der Waals surface area contributed by atoms with Crippen molar-refractivity contribution in [2.75, 3.05) is 0 Å². The molecular weight excluding hydrogens is 414 g/mol. The molecule has 0 radical (unpaired) electrons. The van der Waals surface area contributed by atoms with Gasteiger partial charge in [0.05, 0.1) is 11.8 Å². The summed E-state index contributed by atoms with van der Waals surface area (Å²) in [4.78, 5) is 37.8. The van der Waals surface area contributed by atoms with Gasteiger partial charge in [-0.05, 0) is 36.0 Å². The number of ketones is 2. The molecule has 32 heavy (non-hydrogen) atoms. The molecule has 162 valence electrons. The molecule has 9 nitrogen and oxygen atoms in total. The fourth-order valence-corrected chi connectivity index (χ4v) is 5.73. The maximum Gasteiger partial charge on any atom is 0.255 e. The number of nitrogens with two attached hydrogens (primary N) is 1. The zero-order valence-corrected chi connectivity index (χ0v) is 17.1. The molecule has 6 rings (SSSR count). The van der Waals surface area contributed by atoms with Crippen LogP contribution in [-0.4, -0.2) is 43.1 Å². The van der Waals surface area contributed by atoms with E-state index in [0.29, 0.717) is 18.4 Å². The van der Waals surface area contributed by atoms with Crippen molar-refractivity contribution in [1.29, 1.82) is 0 Å². The summed E-state index contributed by atoms with van der Waals surface area (Å²) in [5.41, 5.74) is 6.48. The molecule has 1 aliphatic heterocycles. The Labute approximate surface area is 181 Å². The van der Waals surface area contributed by atoms with Crippen LogP contribution in [0.3, 0.4) is 0 Å². The maximum absolute atomic E-state index is 13.6. The first-order valence-electron chi connectivity index (χ1n) is 10.3. The van der Waals surface area contributed by atoms with Gasteiger partial charge in [0.2, 0.25) is 5.60 Å². The van der Waals surface area contributed by atoms with Gasteiger partial charge in [-0.2, -0.15) is 5.10 Å². The quantitative estimate of drug-likeness (QED) is 0.480. The number of primary amides is 1. The van der Waals surface area contributed by atoms with Crippen molar-refractivity contribution in [3.05, 3.63) is 58.3 Å². The monoisotopic (exact) mass is 433 g/mol. The van der Waals surface area contributed by atoms with Crippen LogP contribution in [-0.2, 0) is 27.8 Å². The van der Waals surface area contributed by atoms with Crippen LogP contribution in [0.25, 0.3) is 11.1 Å². The number of aliphatic hydroxyl groups excluding tert-OH is 1. The van der Waals surface area contributed by atoms with Gasteiger partial charge in [-0.25, -0.2) is 0 Å². The predicted molar refractivity (Wildman–Crippen MR) is 109 cm³/mol. The number of hydrogen-bond donors (Lipinski definition) is 3. The lowest BCUT2D eigenvalue weighted by Gasteiger charge is -2.36. The zero-order chi connectivity index (χ0) is 22.5. The van der Waals surface area contributed by atoms with E-state index >= 15 is 0 Å². The second-order valence-corrected chi connectivity index (χ2v) is 8.85. The number of epoxide rings is 1. The minimum atomic E-state index is -1.34. The molecule has 1 amide bonds. The Morgan fingerprint density at radius 2 is 2.06 bits per heavy atom. The van der Waals surface area contributed by atoms with Crippen molar-refractivity contribution in [1.82, 2.24) is 9.78 Å². The number of allylic oxidation sites excluding steroid dienone is 1. The number of rotatable bonds is 2. The highest BCUT2D eigenvalue weighted by molar-refractivity contribution is 6.21. The van der Waals surface area contributed by atoms with Crippen LogP contribution in [0.15, 0.2) is 47.2 Å². The molecule has 2 aromatic rings. The van der Waals surface area contributed by atoms with Gasteiger partial charge in [0.25, 0.3) is 5.91 Å². The number of carbonyl (C=O) groups excluding carboxylic acids is 3. The highest BCUT2D eigenvalue weighted by Gasteiger charge is 2.71. The first-order valence-corrected chi connectivity index (χ1v) is 10.3. The SMILES string of the molecule is Cn1cc(-c2ccc(O)c3c2CC2C[C@H]4CC(=O)C(C(N)=O)=C(O)[C@]45OC5=C2C3=O)cn1. The third-order valence-corrected chi connectivity index (χ3v) is 7.13. The van der Waals surface area contributed by atoms with Crippen molar-refractivity contribution in [3.8, 4) is 16.9 Å². The van der Waals surface area contributed by atoms with E-state index in [9.17, 15) is 24.6 Å². The summed E-state index contributed by atoms with van der Waals surface area (Å²) in [5.74, 6) is -2.87. The first kappa shape index (κ1) is 18.9. The molecule has 0 saturated carbocycles. The summed E-state index contributed by atoms with van der Waals surface area (Å²) in [7, 11) is 1.80. The van der Waals surface area contributed by atoms with Gasteiger partial charge in [-0.3, -0.25) is 19.1 Å². The molecule has 1 fully saturated rings. The lowest BCUT2D eigenvalue weighted by Crippen LogP contribution is -2.43. The third-order valence-electron chi connectivity index (χ3n) is 7.13. The molecule has 3 atom stereocenters. The minimum absolute atomic E-state index is 0.00611. The van der Waals surface area contributed by atoms with Crippen LogP contribution in [0, 0.1) is 11.8 Å².